The predicted molar refractivity (Wildman–Crippen MR) is 83.0 cm³/mol. The van der Waals surface area contributed by atoms with Crippen molar-refractivity contribution in [3.05, 3.63) is 34.0 Å². The number of nitrogens with two attached hydrogens (primary N) is 1. The van der Waals surface area contributed by atoms with Crippen LogP contribution in [0.5, 0.6) is 23.0 Å². The summed E-state index contributed by atoms with van der Waals surface area (Å²) in [6.45, 7) is 0. The van der Waals surface area contributed by atoms with Crippen molar-refractivity contribution in [1.29, 1.82) is 0 Å². The summed E-state index contributed by atoms with van der Waals surface area (Å²) in [6.07, 6.45) is 0. The van der Waals surface area contributed by atoms with Gasteiger partial charge >= 0.3 is 0 Å². The molecule has 0 spiro atoms. The maximum absolute atomic E-state index is 6.35. The molecule has 0 aliphatic rings. The third kappa shape index (κ3) is 2.91. The lowest BCUT2D eigenvalue weighted by atomic mass is 10.0. The number of hydrogen-bond donors (Lipinski definition) is 1. The van der Waals surface area contributed by atoms with E-state index in [4.69, 9.17) is 24.7 Å². The van der Waals surface area contributed by atoms with Crippen molar-refractivity contribution in [2.45, 2.75) is 6.04 Å². The van der Waals surface area contributed by atoms with E-state index in [1.807, 2.05) is 23.6 Å². The number of rotatable bonds is 6. The van der Waals surface area contributed by atoms with Gasteiger partial charge in [0.15, 0.2) is 11.5 Å². The van der Waals surface area contributed by atoms with Crippen LogP contribution in [0.25, 0.3) is 0 Å². The Hall–Kier alpha value is -1.92. The molecule has 1 atom stereocenters. The average Bonchev–Trinajstić information content (AvgIpc) is 3.01. The Morgan fingerprint density at radius 2 is 1.67 bits per heavy atom. The SMILES string of the molecule is COc1csc(C(N)c2ccc(OC)c(OC)c2OC)c1. The molecule has 0 saturated heterocycles. The Bertz CT molecular complexity index is 612. The fourth-order valence-electron chi connectivity index (χ4n) is 2.13. The van der Waals surface area contributed by atoms with E-state index in [1.54, 1.807) is 39.8 Å². The minimum atomic E-state index is -0.325. The van der Waals surface area contributed by atoms with Crippen molar-refractivity contribution in [3.63, 3.8) is 0 Å². The van der Waals surface area contributed by atoms with E-state index in [-0.39, 0.29) is 6.04 Å². The summed E-state index contributed by atoms with van der Waals surface area (Å²) in [5.41, 5.74) is 7.19. The Kier molecular flexibility index (Phi) is 4.93. The molecule has 6 heteroatoms. The molecule has 0 amide bonds. The molecule has 0 saturated carbocycles. The van der Waals surface area contributed by atoms with Gasteiger partial charge in [-0.25, -0.2) is 0 Å². The van der Waals surface area contributed by atoms with Crippen molar-refractivity contribution in [1.82, 2.24) is 0 Å². The molecule has 0 aliphatic heterocycles. The summed E-state index contributed by atoms with van der Waals surface area (Å²) in [5, 5.41) is 1.92. The number of hydrogen-bond acceptors (Lipinski definition) is 6. The normalized spacial score (nSPS) is 11.9. The molecule has 2 N–H and O–H groups in total. The second-order valence-corrected chi connectivity index (χ2v) is 5.23. The molecule has 0 fully saturated rings. The molecule has 0 bridgehead atoms. The van der Waals surface area contributed by atoms with Crippen molar-refractivity contribution in [2.24, 2.45) is 5.73 Å². The van der Waals surface area contributed by atoms with Crippen LogP contribution in [0, 0.1) is 0 Å². The van der Waals surface area contributed by atoms with E-state index in [0.29, 0.717) is 17.2 Å². The summed E-state index contributed by atoms with van der Waals surface area (Å²) in [5.74, 6) is 2.52. The van der Waals surface area contributed by atoms with Crippen LogP contribution in [0.1, 0.15) is 16.5 Å². The van der Waals surface area contributed by atoms with E-state index in [0.717, 1.165) is 16.2 Å². The molecular weight excluding hydrogens is 290 g/mol. The molecule has 0 radical (unpaired) electrons. The first kappa shape index (κ1) is 15.5. The molecule has 1 heterocycles. The van der Waals surface area contributed by atoms with E-state index in [9.17, 15) is 0 Å². The van der Waals surface area contributed by atoms with Crippen LogP contribution in [0.4, 0.5) is 0 Å². The lowest BCUT2D eigenvalue weighted by Gasteiger charge is -2.19. The lowest BCUT2D eigenvalue weighted by molar-refractivity contribution is 0.321. The van der Waals surface area contributed by atoms with Crippen LogP contribution >= 0.6 is 11.3 Å². The molecule has 1 unspecified atom stereocenters. The second kappa shape index (κ2) is 6.69. The number of ether oxygens (including phenoxy) is 4. The maximum Gasteiger partial charge on any atom is 0.203 e. The van der Waals surface area contributed by atoms with Crippen LogP contribution in [0.2, 0.25) is 0 Å². The highest BCUT2D eigenvalue weighted by atomic mass is 32.1. The predicted octanol–water partition coefficient (Wildman–Crippen LogP) is 2.83. The summed E-state index contributed by atoms with van der Waals surface area (Å²) in [4.78, 5) is 0.984. The molecule has 21 heavy (non-hydrogen) atoms. The molecule has 5 nitrogen and oxygen atoms in total. The first-order valence-electron chi connectivity index (χ1n) is 6.33. The van der Waals surface area contributed by atoms with Crippen molar-refractivity contribution in [3.8, 4) is 23.0 Å². The number of thiophene rings is 1. The van der Waals surface area contributed by atoms with Gasteiger partial charge in [-0.1, -0.05) is 0 Å². The number of methoxy groups -OCH3 is 4. The van der Waals surface area contributed by atoms with Gasteiger partial charge in [-0.15, -0.1) is 11.3 Å². The van der Waals surface area contributed by atoms with E-state index < -0.39 is 0 Å². The van der Waals surface area contributed by atoms with Crippen LogP contribution in [-0.2, 0) is 0 Å². The summed E-state index contributed by atoms with van der Waals surface area (Å²) in [6, 6.07) is 5.30. The van der Waals surface area contributed by atoms with Gasteiger partial charge in [0.25, 0.3) is 0 Å². The fraction of sp³-hybridized carbons (Fsp3) is 0.333. The Morgan fingerprint density at radius 1 is 0.952 bits per heavy atom. The zero-order valence-electron chi connectivity index (χ0n) is 12.5. The van der Waals surface area contributed by atoms with Crippen molar-refractivity contribution >= 4 is 11.3 Å². The third-order valence-electron chi connectivity index (χ3n) is 3.21. The molecule has 114 valence electrons. The van der Waals surface area contributed by atoms with Gasteiger partial charge in [-0.05, 0) is 18.2 Å². The summed E-state index contributed by atoms with van der Waals surface area (Å²) >= 11 is 1.54. The summed E-state index contributed by atoms with van der Waals surface area (Å²) < 4.78 is 21.3. The fourth-order valence-corrected chi connectivity index (χ4v) is 3.00. The Morgan fingerprint density at radius 3 is 2.19 bits per heavy atom. The van der Waals surface area contributed by atoms with Gasteiger partial charge in [0.05, 0.1) is 34.5 Å². The minimum absolute atomic E-state index is 0.325. The van der Waals surface area contributed by atoms with Gasteiger partial charge in [-0.3, -0.25) is 0 Å². The van der Waals surface area contributed by atoms with Crippen molar-refractivity contribution < 1.29 is 18.9 Å². The van der Waals surface area contributed by atoms with E-state index in [1.165, 1.54) is 0 Å². The average molecular weight is 309 g/mol. The lowest BCUT2D eigenvalue weighted by Crippen LogP contribution is -2.12. The number of benzene rings is 1. The van der Waals surface area contributed by atoms with E-state index in [2.05, 4.69) is 0 Å². The molecule has 2 aromatic rings. The quantitative estimate of drug-likeness (QED) is 0.889. The van der Waals surface area contributed by atoms with Gasteiger partial charge in [0.2, 0.25) is 5.75 Å². The maximum atomic E-state index is 6.35. The van der Waals surface area contributed by atoms with Crippen LogP contribution in [0.15, 0.2) is 23.6 Å². The Balaban J connectivity index is 2.47. The molecule has 0 aliphatic carbocycles. The highest BCUT2D eigenvalue weighted by Gasteiger charge is 2.22. The van der Waals surface area contributed by atoms with Gasteiger partial charge in [0.1, 0.15) is 5.75 Å². The molecular formula is C15H19NO4S. The highest BCUT2D eigenvalue weighted by Crippen LogP contribution is 2.43. The standard InChI is InChI=1S/C15H19NO4S/c1-17-9-7-12(21-8-9)13(16)10-5-6-11(18-2)15(20-4)14(10)19-3/h5-8,13H,16H2,1-4H3. The van der Waals surface area contributed by atoms with Crippen LogP contribution < -0.4 is 24.7 Å². The smallest absolute Gasteiger partial charge is 0.203 e. The molecule has 1 aromatic heterocycles. The zero-order valence-corrected chi connectivity index (χ0v) is 13.3. The molecule has 1 aromatic carbocycles. The monoisotopic (exact) mass is 309 g/mol. The van der Waals surface area contributed by atoms with E-state index >= 15 is 0 Å². The van der Waals surface area contributed by atoms with Gasteiger partial charge in [0, 0.05) is 15.8 Å². The van der Waals surface area contributed by atoms with Gasteiger partial charge < -0.3 is 24.7 Å². The first-order valence-corrected chi connectivity index (χ1v) is 7.21. The first-order chi connectivity index (χ1) is 10.2. The Labute approximate surface area is 128 Å². The van der Waals surface area contributed by atoms with Crippen molar-refractivity contribution in [2.75, 3.05) is 28.4 Å². The summed E-state index contributed by atoms with van der Waals surface area (Å²) in [7, 11) is 6.38. The highest BCUT2D eigenvalue weighted by molar-refractivity contribution is 7.10. The topological polar surface area (TPSA) is 62.9 Å². The zero-order chi connectivity index (χ0) is 15.4. The van der Waals surface area contributed by atoms with Gasteiger partial charge in [-0.2, -0.15) is 0 Å². The molecule has 2 rings (SSSR count). The largest absolute Gasteiger partial charge is 0.496 e. The van der Waals surface area contributed by atoms with Crippen LogP contribution in [0.3, 0.4) is 0 Å². The minimum Gasteiger partial charge on any atom is -0.496 e. The second-order valence-electron chi connectivity index (χ2n) is 4.29. The van der Waals surface area contributed by atoms with Crippen LogP contribution in [-0.4, -0.2) is 28.4 Å². The third-order valence-corrected chi connectivity index (χ3v) is 4.20.